The van der Waals surface area contributed by atoms with Crippen LogP contribution in [0.4, 0.5) is 0 Å². The zero-order chi connectivity index (χ0) is 40.5. The molecule has 57 heavy (non-hydrogen) atoms. The first-order valence-corrected chi connectivity index (χ1v) is 23.4. The van der Waals surface area contributed by atoms with Crippen molar-refractivity contribution in [1.82, 2.24) is 0 Å². The molecule has 11 heteroatoms. The third kappa shape index (κ3) is 22.5. The molecule has 308 valence electrons. The van der Waals surface area contributed by atoms with E-state index < -0.39 is 20.2 Å². The third-order valence-corrected chi connectivity index (χ3v) is 11.3. The van der Waals surface area contributed by atoms with Gasteiger partial charge in [0, 0.05) is 0 Å². The van der Waals surface area contributed by atoms with E-state index in [0.717, 1.165) is 12.8 Å². The van der Waals surface area contributed by atoms with Crippen molar-refractivity contribution < 1.29 is 35.4 Å². The Morgan fingerprint density at radius 2 is 0.702 bits per heavy atom. The van der Waals surface area contributed by atoms with Gasteiger partial charge in [0.15, 0.2) is 0 Å². The van der Waals surface area contributed by atoms with Crippen LogP contribution in [0.15, 0.2) is 107 Å². The van der Waals surface area contributed by atoms with Crippen LogP contribution in [-0.2, 0) is 33.1 Å². The Morgan fingerprint density at radius 1 is 0.404 bits per heavy atom. The summed E-state index contributed by atoms with van der Waals surface area (Å²) in [6.07, 6.45) is 25.7. The standard InChI is InChI=1S/2C23H32O4S.Ca/c2*1-2-3-4-5-6-7-8-9-10-12-20-13-11-14-22(19-20)27-21-15-17-23(18-16-21)28(24,25)26;/h2*11,13-19H,2-10,12H2,1H3,(H,24,25,26);/q;;+2/p-2. The van der Waals surface area contributed by atoms with E-state index in [1.807, 2.05) is 36.4 Å². The molecule has 0 heterocycles. The molecule has 0 aliphatic rings. The first-order valence-electron chi connectivity index (χ1n) is 20.6. The maximum Gasteiger partial charge on any atom is 2.00 e. The molecule has 0 saturated carbocycles. The Bertz CT molecular complexity index is 1740. The maximum atomic E-state index is 11.0. The molecule has 8 nitrogen and oxygen atoms in total. The number of benzene rings is 4. The van der Waals surface area contributed by atoms with E-state index in [-0.39, 0.29) is 47.5 Å². The minimum Gasteiger partial charge on any atom is -0.744 e. The fourth-order valence-corrected chi connectivity index (χ4v) is 7.37. The van der Waals surface area contributed by atoms with Gasteiger partial charge in [0.05, 0.1) is 9.79 Å². The van der Waals surface area contributed by atoms with Crippen molar-refractivity contribution in [3.63, 3.8) is 0 Å². The van der Waals surface area contributed by atoms with Crippen LogP contribution in [0.2, 0.25) is 0 Å². The molecular formula is C46H62CaO8S2. The molecule has 0 aromatic heterocycles. The third-order valence-electron chi connectivity index (χ3n) is 9.63. The van der Waals surface area contributed by atoms with E-state index in [0.29, 0.717) is 23.0 Å². The van der Waals surface area contributed by atoms with E-state index in [1.165, 1.54) is 175 Å². The van der Waals surface area contributed by atoms with Gasteiger partial charge in [0.1, 0.15) is 43.2 Å². The van der Waals surface area contributed by atoms with Crippen molar-refractivity contribution in [3.05, 3.63) is 108 Å². The van der Waals surface area contributed by atoms with Gasteiger partial charge >= 0.3 is 37.7 Å². The predicted molar refractivity (Wildman–Crippen MR) is 229 cm³/mol. The van der Waals surface area contributed by atoms with Crippen molar-refractivity contribution in [2.45, 2.75) is 152 Å². The van der Waals surface area contributed by atoms with Gasteiger partial charge in [-0.25, -0.2) is 16.8 Å². The zero-order valence-corrected chi connectivity index (χ0v) is 38.0. The van der Waals surface area contributed by atoms with Gasteiger partial charge in [-0.2, -0.15) is 0 Å². The second kappa shape index (κ2) is 28.9. The van der Waals surface area contributed by atoms with Crippen molar-refractivity contribution >= 4 is 58.0 Å². The Balaban J connectivity index is 0.000000387. The average molecular weight is 847 g/mol. The van der Waals surface area contributed by atoms with Crippen LogP contribution in [0.5, 0.6) is 23.0 Å². The van der Waals surface area contributed by atoms with Gasteiger partial charge in [-0.3, -0.25) is 0 Å². The minimum absolute atomic E-state index is 0. The summed E-state index contributed by atoms with van der Waals surface area (Å²) in [5, 5.41) is 0. The van der Waals surface area contributed by atoms with E-state index in [9.17, 15) is 25.9 Å². The van der Waals surface area contributed by atoms with Crippen molar-refractivity contribution in [2.24, 2.45) is 0 Å². The normalized spacial score (nSPS) is 11.3. The first kappa shape index (κ1) is 50.7. The summed E-state index contributed by atoms with van der Waals surface area (Å²) in [6, 6.07) is 27.0. The van der Waals surface area contributed by atoms with E-state index >= 15 is 0 Å². The Hall–Kier alpha value is -2.44. The molecule has 0 radical (unpaired) electrons. The fourth-order valence-electron chi connectivity index (χ4n) is 6.43. The average Bonchev–Trinajstić information content (AvgIpc) is 3.17. The molecule has 0 saturated heterocycles. The molecule has 0 N–H and O–H groups in total. The largest absolute Gasteiger partial charge is 2.00 e. The molecule has 0 bridgehead atoms. The first-order chi connectivity index (χ1) is 27.0. The number of ether oxygens (including phenoxy) is 2. The molecule has 0 spiro atoms. The van der Waals surface area contributed by atoms with Crippen LogP contribution in [0.3, 0.4) is 0 Å². The quantitative estimate of drug-likeness (QED) is 0.0346. The molecule has 0 amide bonds. The van der Waals surface area contributed by atoms with Crippen LogP contribution in [0.25, 0.3) is 0 Å². The van der Waals surface area contributed by atoms with Gasteiger partial charge in [-0.05, 0) is 110 Å². The summed E-state index contributed by atoms with van der Waals surface area (Å²) in [7, 11) is -8.86. The van der Waals surface area contributed by atoms with Gasteiger partial charge in [-0.1, -0.05) is 141 Å². The molecule has 0 aliphatic heterocycles. The molecule has 4 aromatic carbocycles. The molecular weight excluding hydrogens is 785 g/mol. The topological polar surface area (TPSA) is 133 Å². The van der Waals surface area contributed by atoms with Crippen LogP contribution < -0.4 is 9.47 Å². The molecule has 0 fully saturated rings. The van der Waals surface area contributed by atoms with Crippen LogP contribution in [0.1, 0.15) is 141 Å². The molecule has 4 aromatic rings. The monoisotopic (exact) mass is 846 g/mol. The van der Waals surface area contributed by atoms with Crippen molar-refractivity contribution in [1.29, 1.82) is 0 Å². The summed E-state index contributed by atoms with van der Waals surface area (Å²) in [5.41, 5.74) is 2.47. The zero-order valence-electron chi connectivity index (χ0n) is 34.2. The van der Waals surface area contributed by atoms with Crippen LogP contribution >= 0.6 is 0 Å². The smallest absolute Gasteiger partial charge is 0.744 e. The summed E-state index contributed by atoms with van der Waals surface area (Å²) >= 11 is 0. The Morgan fingerprint density at radius 3 is 1.00 bits per heavy atom. The summed E-state index contributed by atoms with van der Waals surface area (Å²) in [5.74, 6) is 2.44. The number of hydrogen-bond donors (Lipinski definition) is 0. The summed E-state index contributed by atoms with van der Waals surface area (Å²) in [6.45, 7) is 4.49. The number of aryl methyl sites for hydroxylation is 2. The number of hydrogen-bond acceptors (Lipinski definition) is 8. The van der Waals surface area contributed by atoms with E-state index in [1.54, 1.807) is 0 Å². The summed E-state index contributed by atoms with van der Waals surface area (Å²) < 4.78 is 77.4. The van der Waals surface area contributed by atoms with Crippen LogP contribution in [0, 0.1) is 0 Å². The Kier molecular flexibility index (Phi) is 25.7. The van der Waals surface area contributed by atoms with Gasteiger partial charge in [0.2, 0.25) is 0 Å². The number of unbranched alkanes of at least 4 members (excludes halogenated alkanes) is 16. The summed E-state index contributed by atoms with van der Waals surface area (Å²) in [4.78, 5) is -0.502. The molecule has 0 aliphatic carbocycles. The van der Waals surface area contributed by atoms with Gasteiger partial charge < -0.3 is 18.6 Å². The predicted octanol–water partition coefficient (Wildman–Crippen LogP) is 12.5. The van der Waals surface area contributed by atoms with E-state index in [4.69, 9.17) is 9.47 Å². The molecule has 0 unspecified atom stereocenters. The molecule has 0 atom stereocenters. The second-order valence-corrected chi connectivity index (χ2v) is 17.3. The van der Waals surface area contributed by atoms with Crippen molar-refractivity contribution in [3.8, 4) is 23.0 Å². The Labute approximate surface area is 373 Å². The van der Waals surface area contributed by atoms with Gasteiger partial charge in [0.25, 0.3) is 0 Å². The minimum atomic E-state index is -4.43. The maximum absolute atomic E-state index is 11.0. The second-order valence-electron chi connectivity index (χ2n) is 14.5. The molecule has 4 rings (SSSR count). The number of rotatable bonds is 26. The van der Waals surface area contributed by atoms with Gasteiger partial charge in [-0.15, -0.1) is 0 Å². The van der Waals surface area contributed by atoms with Crippen molar-refractivity contribution in [2.75, 3.05) is 0 Å². The van der Waals surface area contributed by atoms with Crippen LogP contribution in [-0.4, -0.2) is 63.7 Å². The fraction of sp³-hybridized carbons (Fsp3) is 0.478. The van der Waals surface area contributed by atoms with E-state index in [2.05, 4.69) is 26.0 Å². The SMILES string of the molecule is CCCCCCCCCCCc1cccc(Oc2ccc(S(=O)(=O)[O-])cc2)c1.CCCCCCCCCCCc1cccc(Oc2ccc(S(=O)(=O)[O-])cc2)c1.[Ca+2].